The standard InChI is InChI=1S/C10H3BrCl2FNO/c11-7-6(12)1-5-8(13)4(3-16)2-15-10(5)9(7)14/h1-3H. The van der Waals surface area contributed by atoms with Gasteiger partial charge in [-0.2, -0.15) is 0 Å². The SMILES string of the molecule is O=Cc1cnc2c(F)c(Br)c(Cl)cc2c1Cl. The summed E-state index contributed by atoms with van der Waals surface area (Å²) in [5.74, 6) is -0.596. The number of hydrogen-bond donors (Lipinski definition) is 0. The monoisotopic (exact) mass is 321 g/mol. The average molecular weight is 323 g/mol. The van der Waals surface area contributed by atoms with Crippen LogP contribution in [0.15, 0.2) is 16.7 Å². The van der Waals surface area contributed by atoms with Crippen molar-refractivity contribution < 1.29 is 9.18 Å². The Kier molecular flexibility index (Phi) is 3.15. The van der Waals surface area contributed by atoms with Crippen LogP contribution in [0.1, 0.15) is 10.4 Å². The van der Waals surface area contributed by atoms with Crippen LogP contribution in [0.3, 0.4) is 0 Å². The van der Waals surface area contributed by atoms with Crippen LogP contribution in [-0.2, 0) is 0 Å². The molecule has 0 amide bonds. The molecule has 0 aliphatic heterocycles. The van der Waals surface area contributed by atoms with Crippen molar-refractivity contribution in [1.29, 1.82) is 0 Å². The number of benzene rings is 1. The van der Waals surface area contributed by atoms with Gasteiger partial charge in [0.25, 0.3) is 0 Å². The number of aromatic nitrogens is 1. The maximum Gasteiger partial charge on any atom is 0.165 e. The van der Waals surface area contributed by atoms with E-state index in [0.717, 1.165) is 0 Å². The highest BCUT2D eigenvalue weighted by Crippen LogP contribution is 2.35. The van der Waals surface area contributed by atoms with Crippen molar-refractivity contribution in [3.8, 4) is 0 Å². The van der Waals surface area contributed by atoms with Gasteiger partial charge in [0.2, 0.25) is 0 Å². The van der Waals surface area contributed by atoms with Crippen LogP contribution >= 0.6 is 39.1 Å². The first kappa shape index (κ1) is 11.8. The molecule has 1 heterocycles. The fourth-order valence-corrected chi connectivity index (χ4v) is 2.04. The smallest absolute Gasteiger partial charge is 0.165 e. The van der Waals surface area contributed by atoms with Crippen molar-refractivity contribution in [3.05, 3.63) is 38.2 Å². The first-order valence-corrected chi connectivity index (χ1v) is 5.68. The fraction of sp³-hybridized carbons (Fsp3) is 0. The van der Waals surface area contributed by atoms with Gasteiger partial charge < -0.3 is 0 Å². The number of halogens is 4. The highest BCUT2D eigenvalue weighted by atomic mass is 79.9. The van der Waals surface area contributed by atoms with Gasteiger partial charge in [-0.15, -0.1) is 0 Å². The summed E-state index contributed by atoms with van der Waals surface area (Å²) in [5.41, 5.74) is 0.277. The molecule has 0 aliphatic carbocycles. The van der Waals surface area contributed by atoms with Crippen LogP contribution < -0.4 is 0 Å². The molecule has 1 aromatic carbocycles. The Labute approximate surface area is 108 Å². The van der Waals surface area contributed by atoms with Gasteiger partial charge in [-0.1, -0.05) is 23.2 Å². The van der Waals surface area contributed by atoms with Gasteiger partial charge in [-0.3, -0.25) is 9.78 Å². The van der Waals surface area contributed by atoms with Gasteiger partial charge in [0, 0.05) is 11.6 Å². The van der Waals surface area contributed by atoms with E-state index in [9.17, 15) is 9.18 Å². The zero-order valence-corrected chi connectivity index (χ0v) is 10.7. The van der Waals surface area contributed by atoms with Crippen molar-refractivity contribution in [2.24, 2.45) is 0 Å². The summed E-state index contributed by atoms with van der Waals surface area (Å²) in [6, 6.07) is 1.46. The Morgan fingerprint density at radius 3 is 2.75 bits per heavy atom. The number of nitrogens with zero attached hydrogens (tertiary/aromatic N) is 1. The summed E-state index contributed by atoms with van der Waals surface area (Å²) in [6.45, 7) is 0. The van der Waals surface area contributed by atoms with Crippen molar-refractivity contribution in [3.63, 3.8) is 0 Å². The highest BCUT2D eigenvalue weighted by Gasteiger charge is 2.15. The number of aldehydes is 1. The molecular weight excluding hydrogens is 320 g/mol. The third-order valence-electron chi connectivity index (χ3n) is 2.09. The van der Waals surface area contributed by atoms with Crippen molar-refractivity contribution in [2.45, 2.75) is 0 Å². The predicted molar refractivity (Wildman–Crippen MR) is 64.8 cm³/mol. The summed E-state index contributed by atoms with van der Waals surface area (Å²) < 4.78 is 13.9. The van der Waals surface area contributed by atoms with E-state index in [2.05, 4.69) is 20.9 Å². The Balaban J connectivity index is 2.96. The average Bonchev–Trinajstić information content (AvgIpc) is 2.28. The molecular formula is C10H3BrCl2FNO. The normalized spacial score (nSPS) is 10.8. The molecule has 0 bridgehead atoms. The molecule has 0 spiro atoms. The molecule has 0 N–H and O–H groups in total. The van der Waals surface area contributed by atoms with E-state index in [1.165, 1.54) is 12.3 Å². The number of fused-ring (bicyclic) bond motifs is 1. The van der Waals surface area contributed by atoms with Crippen LogP contribution in [0.4, 0.5) is 4.39 Å². The molecule has 0 saturated heterocycles. The van der Waals surface area contributed by atoms with Crippen molar-refractivity contribution in [1.82, 2.24) is 4.98 Å². The van der Waals surface area contributed by atoms with E-state index in [1.54, 1.807) is 0 Å². The summed E-state index contributed by atoms with van der Waals surface area (Å²) in [6.07, 6.45) is 1.78. The number of carbonyl (C=O) groups excluding carboxylic acids is 1. The van der Waals surface area contributed by atoms with E-state index >= 15 is 0 Å². The second kappa shape index (κ2) is 4.28. The largest absolute Gasteiger partial charge is 0.298 e. The highest BCUT2D eigenvalue weighted by molar-refractivity contribution is 9.10. The summed E-state index contributed by atoms with van der Waals surface area (Å²) in [7, 11) is 0. The lowest BCUT2D eigenvalue weighted by Gasteiger charge is -2.06. The van der Waals surface area contributed by atoms with Gasteiger partial charge in [-0.05, 0) is 22.0 Å². The lowest BCUT2D eigenvalue weighted by molar-refractivity contribution is 0.112. The van der Waals surface area contributed by atoms with Crippen LogP contribution in [0.25, 0.3) is 10.9 Å². The molecule has 0 fully saturated rings. The topological polar surface area (TPSA) is 30.0 Å². The molecule has 6 heteroatoms. The quantitative estimate of drug-likeness (QED) is 0.580. The van der Waals surface area contributed by atoms with Crippen LogP contribution in [0.2, 0.25) is 10.0 Å². The lowest BCUT2D eigenvalue weighted by atomic mass is 10.1. The number of pyridine rings is 1. The van der Waals surface area contributed by atoms with E-state index < -0.39 is 5.82 Å². The summed E-state index contributed by atoms with van der Waals surface area (Å²) in [4.78, 5) is 14.5. The minimum absolute atomic E-state index is 0.0758. The molecule has 2 rings (SSSR count). The zero-order chi connectivity index (χ0) is 11.9. The minimum atomic E-state index is -0.596. The number of rotatable bonds is 1. The Hall–Kier alpha value is -0.710. The van der Waals surface area contributed by atoms with Gasteiger partial charge >= 0.3 is 0 Å². The van der Waals surface area contributed by atoms with Crippen LogP contribution in [-0.4, -0.2) is 11.3 Å². The van der Waals surface area contributed by atoms with E-state index in [4.69, 9.17) is 23.2 Å². The molecule has 2 nitrogen and oxygen atoms in total. The van der Waals surface area contributed by atoms with Gasteiger partial charge in [0.15, 0.2) is 12.1 Å². The Morgan fingerprint density at radius 2 is 2.12 bits per heavy atom. The minimum Gasteiger partial charge on any atom is -0.298 e. The molecule has 2 aromatic rings. The first-order valence-electron chi connectivity index (χ1n) is 4.13. The van der Waals surface area contributed by atoms with Crippen molar-refractivity contribution in [2.75, 3.05) is 0 Å². The predicted octanol–water partition coefficient (Wildman–Crippen LogP) is 4.26. The number of hydrogen-bond acceptors (Lipinski definition) is 2. The third kappa shape index (κ3) is 1.71. The molecule has 1 aromatic heterocycles. The molecule has 0 radical (unpaired) electrons. The maximum absolute atomic E-state index is 13.7. The molecule has 82 valence electrons. The summed E-state index contributed by atoms with van der Waals surface area (Å²) in [5, 5.41) is 0.641. The van der Waals surface area contributed by atoms with Crippen molar-refractivity contribution >= 4 is 56.3 Å². The molecule has 0 aliphatic rings. The van der Waals surface area contributed by atoms with Gasteiger partial charge in [0.1, 0.15) is 5.52 Å². The molecule has 0 unspecified atom stereocenters. The number of carbonyl (C=O) groups is 1. The summed E-state index contributed by atoms with van der Waals surface area (Å²) >= 11 is 14.7. The third-order valence-corrected chi connectivity index (χ3v) is 3.81. The maximum atomic E-state index is 13.7. The van der Waals surface area contributed by atoms with E-state index in [-0.39, 0.29) is 25.6 Å². The van der Waals surface area contributed by atoms with Crippen LogP contribution in [0.5, 0.6) is 0 Å². The van der Waals surface area contributed by atoms with Crippen LogP contribution in [0, 0.1) is 5.82 Å². The second-order valence-electron chi connectivity index (χ2n) is 3.03. The molecule has 0 atom stereocenters. The zero-order valence-electron chi connectivity index (χ0n) is 7.60. The fourth-order valence-electron chi connectivity index (χ4n) is 1.31. The van der Waals surface area contributed by atoms with E-state index in [0.29, 0.717) is 11.7 Å². The Bertz CT molecular complexity index is 603. The van der Waals surface area contributed by atoms with Gasteiger partial charge in [-0.25, -0.2) is 4.39 Å². The lowest BCUT2D eigenvalue weighted by Crippen LogP contribution is -1.92. The first-order chi connectivity index (χ1) is 7.56. The second-order valence-corrected chi connectivity index (χ2v) is 4.61. The van der Waals surface area contributed by atoms with Gasteiger partial charge in [0.05, 0.1) is 20.1 Å². The molecule has 16 heavy (non-hydrogen) atoms. The van der Waals surface area contributed by atoms with E-state index in [1.807, 2.05) is 0 Å². The Morgan fingerprint density at radius 1 is 1.44 bits per heavy atom. The molecule has 0 saturated carbocycles.